The summed E-state index contributed by atoms with van der Waals surface area (Å²) in [6.07, 6.45) is -5.00. The molecular weight excluding hydrogens is 429 g/mol. The van der Waals surface area contributed by atoms with E-state index < -0.39 is 53.8 Å². The number of sulfone groups is 1. The number of nitrogens with zero attached hydrogens (tertiary/aromatic N) is 2. The number of carbonyl (C=O) groups is 1. The molecule has 0 fully saturated rings. The van der Waals surface area contributed by atoms with Crippen molar-refractivity contribution in [1.82, 2.24) is 0 Å². The van der Waals surface area contributed by atoms with Gasteiger partial charge < -0.3 is 11.5 Å². The summed E-state index contributed by atoms with van der Waals surface area (Å²) >= 11 is 0. The summed E-state index contributed by atoms with van der Waals surface area (Å²) in [5.41, 5.74) is 7.34. The zero-order chi connectivity index (χ0) is 22.9. The van der Waals surface area contributed by atoms with E-state index in [1.165, 1.54) is 6.92 Å². The van der Waals surface area contributed by atoms with Crippen molar-refractivity contribution in [2.75, 3.05) is 0 Å². The molecule has 1 amide bonds. The summed E-state index contributed by atoms with van der Waals surface area (Å²) in [7, 11) is -4.98. The largest absolute Gasteiger partial charge is 0.417 e. The standard InChI is InChI=1S/C17H15F3N4O5S/c1-2-9-7-14(12(24(26)27)8-10(9)15(25)23-16(21)22)30(28,29)13-6-4-3-5-11(13)17(18,19)20/h3-8H,2H2,1H3,(H4,21,22,23,25). The van der Waals surface area contributed by atoms with E-state index in [0.717, 1.165) is 18.2 Å². The molecular formula is C17H15F3N4O5S. The number of nitro groups is 1. The molecule has 0 aromatic heterocycles. The van der Waals surface area contributed by atoms with Crippen LogP contribution in [0.2, 0.25) is 0 Å². The fourth-order valence-corrected chi connectivity index (χ4v) is 4.37. The highest BCUT2D eigenvalue weighted by Gasteiger charge is 2.39. The quantitative estimate of drug-likeness (QED) is 0.310. The maximum Gasteiger partial charge on any atom is 0.417 e. The first-order chi connectivity index (χ1) is 13.8. The average molecular weight is 444 g/mol. The van der Waals surface area contributed by atoms with Crippen molar-refractivity contribution < 1.29 is 31.3 Å². The number of guanidine groups is 1. The van der Waals surface area contributed by atoms with Crippen LogP contribution in [0, 0.1) is 10.1 Å². The van der Waals surface area contributed by atoms with Gasteiger partial charge in [0.1, 0.15) is 4.90 Å². The lowest BCUT2D eigenvalue weighted by atomic mass is 10.0. The Bertz CT molecular complexity index is 1160. The molecule has 30 heavy (non-hydrogen) atoms. The predicted octanol–water partition coefficient (Wildman–Crippen LogP) is 2.42. The van der Waals surface area contributed by atoms with Crippen LogP contribution in [-0.2, 0) is 22.4 Å². The molecule has 0 heterocycles. The van der Waals surface area contributed by atoms with Gasteiger partial charge in [-0.15, -0.1) is 0 Å². The lowest BCUT2D eigenvalue weighted by molar-refractivity contribution is -0.387. The van der Waals surface area contributed by atoms with Gasteiger partial charge >= 0.3 is 6.18 Å². The minimum Gasteiger partial charge on any atom is -0.370 e. The Hall–Kier alpha value is -3.48. The molecule has 0 unspecified atom stereocenters. The summed E-state index contributed by atoms with van der Waals surface area (Å²) in [6.45, 7) is 1.51. The Labute approximate surface area is 168 Å². The third-order valence-electron chi connectivity index (χ3n) is 3.99. The predicted molar refractivity (Wildman–Crippen MR) is 99.5 cm³/mol. The highest BCUT2D eigenvalue weighted by Crippen LogP contribution is 2.39. The molecule has 160 valence electrons. The van der Waals surface area contributed by atoms with Gasteiger partial charge in [-0.05, 0) is 30.2 Å². The normalized spacial score (nSPS) is 11.7. The van der Waals surface area contributed by atoms with Crippen molar-refractivity contribution in [3.63, 3.8) is 0 Å². The number of hydrogen-bond acceptors (Lipinski definition) is 5. The van der Waals surface area contributed by atoms with Crippen LogP contribution in [0.25, 0.3) is 0 Å². The van der Waals surface area contributed by atoms with Crippen LogP contribution in [0.4, 0.5) is 18.9 Å². The number of carbonyl (C=O) groups excluding carboxylic acids is 1. The zero-order valence-electron chi connectivity index (χ0n) is 15.3. The first kappa shape index (κ1) is 22.8. The number of aliphatic imine (C=N–C) groups is 1. The fraction of sp³-hybridized carbons (Fsp3) is 0.176. The van der Waals surface area contributed by atoms with Crippen LogP contribution in [0.3, 0.4) is 0 Å². The summed E-state index contributed by atoms with van der Waals surface area (Å²) in [4.78, 5) is 23.7. The number of amides is 1. The second-order valence-electron chi connectivity index (χ2n) is 5.93. The number of alkyl halides is 3. The van der Waals surface area contributed by atoms with Crippen LogP contribution in [-0.4, -0.2) is 25.2 Å². The molecule has 0 radical (unpaired) electrons. The minimum absolute atomic E-state index is 0.00124. The number of halogens is 3. The Morgan fingerprint density at radius 2 is 1.77 bits per heavy atom. The molecule has 0 saturated carbocycles. The molecule has 0 spiro atoms. The minimum atomic E-state index is -5.02. The Morgan fingerprint density at radius 1 is 1.17 bits per heavy atom. The van der Waals surface area contributed by atoms with E-state index in [0.29, 0.717) is 18.2 Å². The Balaban J connectivity index is 2.87. The Morgan fingerprint density at radius 3 is 2.27 bits per heavy atom. The first-order valence-electron chi connectivity index (χ1n) is 8.17. The number of nitro benzene ring substituents is 1. The topological polar surface area (TPSA) is 159 Å². The van der Waals surface area contributed by atoms with Crippen LogP contribution < -0.4 is 11.5 Å². The second kappa shape index (κ2) is 8.10. The van der Waals surface area contributed by atoms with Crippen molar-refractivity contribution >= 4 is 27.4 Å². The number of benzene rings is 2. The molecule has 2 aromatic rings. The third kappa shape index (κ3) is 4.40. The maximum absolute atomic E-state index is 13.3. The van der Waals surface area contributed by atoms with Gasteiger partial charge in [-0.25, -0.2) is 8.42 Å². The first-order valence-corrected chi connectivity index (χ1v) is 9.65. The monoisotopic (exact) mass is 444 g/mol. The van der Waals surface area contributed by atoms with E-state index in [4.69, 9.17) is 11.5 Å². The molecule has 0 bridgehead atoms. The van der Waals surface area contributed by atoms with Gasteiger partial charge in [0.25, 0.3) is 11.6 Å². The number of aryl methyl sites for hydroxylation is 1. The van der Waals surface area contributed by atoms with E-state index in [-0.39, 0.29) is 17.5 Å². The van der Waals surface area contributed by atoms with E-state index in [2.05, 4.69) is 4.99 Å². The van der Waals surface area contributed by atoms with Crippen molar-refractivity contribution in [3.8, 4) is 0 Å². The average Bonchev–Trinajstić information content (AvgIpc) is 2.65. The van der Waals surface area contributed by atoms with Gasteiger partial charge in [-0.3, -0.25) is 14.9 Å². The molecule has 2 rings (SSSR count). The molecule has 4 N–H and O–H groups in total. The molecule has 0 aliphatic rings. The smallest absolute Gasteiger partial charge is 0.370 e. The maximum atomic E-state index is 13.3. The zero-order valence-corrected chi connectivity index (χ0v) is 16.1. The lowest BCUT2D eigenvalue weighted by Crippen LogP contribution is -2.24. The van der Waals surface area contributed by atoms with Gasteiger partial charge in [-0.2, -0.15) is 18.2 Å². The molecule has 0 aliphatic heterocycles. The fourth-order valence-electron chi connectivity index (χ4n) is 2.69. The lowest BCUT2D eigenvalue weighted by Gasteiger charge is -2.14. The summed E-state index contributed by atoms with van der Waals surface area (Å²) < 4.78 is 65.9. The van der Waals surface area contributed by atoms with Crippen LogP contribution in [0.15, 0.2) is 51.2 Å². The Kier molecular flexibility index (Phi) is 6.16. The summed E-state index contributed by atoms with van der Waals surface area (Å²) in [5, 5.41) is 11.5. The summed E-state index contributed by atoms with van der Waals surface area (Å²) in [6, 6.07) is 4.73. The van der Waals surface area contributed by atoms with Gasteiger partial charge in [0.15, 0.2) is 5.96 Å². The van der Waals surface area contributed by atoms with Crippen molar-refractivity contribution in [3.05, 3.63) is 63.2 Å². The van der Waals surface area contributed by atoms with E-state index in [1.807, 2.05) is 0 Å². The molecule has 0 saturated heterocycles. The summed E-state index contributed by atoms with van der Waals surface area (Å²) in [5.74, 6) is -1.69. The van der Waals surface area contributed by atoms with E-state index in [9.17, 15) is 36.5 Å². The molecule has 13 heteroatoms. The number of rotatable bonds is 5. The SMILES string of the molecule is CCc1cc(S(=O)(=O)c2ccccc2C(F)(F)F)c([N+](=O)[O-])cc1C(=O)N=C(N)N. The highest BCUT2D eigenvalue weighted by atomic mass is 32.2. The highest BCUT2D eigenvalue weighted by molar-refractivity contribution is 7.91. The molecule has 0 aliphatic carbocycles. The van der Waals surface area contributed by atoms with Gasteiger partial charge in [0.05, 0.1) is 20.9 Å². The molecule has 0 atom stereocenters. The number of nitrogens with two attached hydrogens (primary N) is 2. The molecule has 2 aromatic carbocycles. The van der Waals surface area contributed by atoms with Crippen molar-refractivity contribution in [2.24, 2.45) is 16.5 Å². The van der Waals surface area contributed by atoms with Crippen LogP contribution >= 0.6 is 0 Å². The van der Waals surface area contributed by atoms with Crippen molar-refractivity contribution in [2.45, 2.75) is 29.3 Å². The second-order valence-corrected chi connectivity index (χ2v) is 7.81. The molecule has 9 nitrogen and oxygen atoms in total. The van der Waals surface area contributed by atoms with Gasteiger partial charge in [0, 0.05) is 6.07 Å². The van der Waals surface area contributed by atoms with Crippen LogP contribution in [0.1, 0.15) is 28.4 Å². The number of hydrogen-bond donors (Lipinski definition) is 2. The third-order valence-corrected chi connectivity index (χ3v) is 5.84. The van der Waals surface area contributed by atoms with E-state index in [1.54, 1.807) is 0 Å². The van der Waals surface area contributed by atoms with Crippen molar-refractivity contribution in [1.29, 1.82) is 0 Å². The van der Waals surface area contributed by atoms with Gasteiger partial charge in [-0.1, -0.05) is 19.1 Å². The van der Waals surface area contributed by atoms with Gasteiger partial charge in [0.2, 0.25) is 9.84 Å². The van der Waals surface area contributed by atoms with Crippen LogP contribution in [0.5, 0.6) is 0 Å². The van der Waals surface area contributed by atoms with E-state index >= 15 is 0 Å².